The second-order valence-corrected chi connectivity index (χ2v) is 9.17. The SMILES string of the molecule is COc1cc2c(cc1OC)C(c1ccccc1)N(C(=O)C1(C)CC1(Cl)Cl)CC2. The third-order valence-corrected chi connectivity index (χ3v) is 7.08. The van der Waals surface area contributed by atoms with Crippen LogP contribution in [0.3, 0.4) is 0 Å². The number of hydrogen-bond acceptors (Lipinski definition) is 3. The Bertz CT molecular complexity index is 915. The van der Waals surface area contributed by atoms with Crippen molar-refractivity contribution in [1.82, 2.24) is 4.90 Å². The smallest absolute Gasteiger partial charge is 0.232 e. The molecule has 2 aliphatic rings. The molecule has 0 saturated heterocycles. The monoisotopic (exact) mass is 419 g/mol. The zero-order valence-electron chi connectivity index (χ0n) is 16.2. The largest absolute Gasteiger partial charge is 0.493 e. The molecule has 2 aromatic rings. The topological polar surface area (TPSA) is 38.8 Å². The Morgan fingerprint density at radius 2 is 1.71 bits per heavy atom. The molecule has 4 rings (SSSR count). The fourth-order valence-corrected chi connectivity index (χ4v) is 4.80. The minimum Gasteiger partial charge on any atom is -0.493 e. The molecule has 1 fully saturated rings. The van der Waals surface area contributed by atoms with Crippen molar-refractivity contribution in [1.29, 1.82) is 0 Å². The first kappa shape index (κ1) is 19.4. The summed E-state index contributed by atoms with van der Waals surface area (Å²) in [4.78, 5) is 15.4. The number of nitrogens with zero attached hydrogens (tertiary/aromatic N) is 1. The first-order chi connectivity index (χ1) is 13.3. The molecule has 0 spiro atoms. The number of halogens is 2. The van der Waals surface area contributed by atoms with Gasteiger partial charge in [0.2, 0.25) is 5.91 Å². The molecule has 2 unspecified atom stereocenters. The Balaban J connectivity index is 1.83. The van der Waals surface area contributed by atoms with Crippen molar-refractivity contribution >= 4 is 29.1 Å². The van der Waals surface area contributed by atoms with E-state index in [0.29, 0.717) is 24.5 Å². The van der Waals surface area contributed by atoms with Crippen LogP contribution in [0.4, 0.5) is 0 Å². The molecule has 28 heavy (non-hydrogen) atoms. The van der Waals surface area contributed by atoms with E-state index >= 15 is 0 Å². The normalized spacial score (nSPS) is 25.0. The Morgan fingerprint density at radius 1 is 1.11 bits per heavy atom. The van der Waals surface area contributed by atoms with E-state index < -0.39 is 9.75 Å². The van der Waals surface area contributed by atoms with Gasteiger partial charge in [0.25, 0.3) is 0 Å². The summed E-state index contributed by atoms with van der Waals surface area (Å²) in [5.74, 6) is 1.34. The molecule has 0 N–H and O–H groups in total. The molecule has 2 atom stereocenters. The van der Waals surface area contributed by atoms with E-state index in [0.717, 1.165) is 23.1 Å². The molecule has 148 valence electrons. The van der Waals surface area contributed by atoms with Gasteiger partial charge >= 0.3 is 0 Å². The maximum atomic E-state index is 13.5. The highest BCUT2D eigenvalue weighted by Crippen LogP contribution is 2.65. The number of rotatable bonds is 4. The molecular formula is C22H23Cl2NO3. The second kappa shape index (κ2) is 6.85. The molecule has 1 aliphatic carbocycles. The molecule has 0 bridgehead atoms. The molecule has 1 heterocycles. The number of amides is 1. The number of fused-ring (bicyclic) bond motifs is 1. The van der Waals surface area contributed by atoms with Crippen LogP contribution in [0.5, 0.6) is 11.5 Å². The summed E-state index contributed by atoms with van der Waals surface area (Å²) in [5, 5.41) is 0. The lowest BCUT2D eigenvalue weighted by molar-refractivity contribution is -0.138. The first-order valence-electron chi connectivity index (χ1n) is 9.31. The molecule has 1 amide bonds. The third kappa shape index (κ3) is 2.94. The van der Waals surface area contributed by atoms with Crippen LogP contribution >= 0.6 is 23.2 Å². The molecule has 0 aromatic heterocycles. The van der Waals surface area contributed by atoms with Crippen molar-refractivity contribution in [2.45, 2.75) is 30.1 Å². The Labute approximate surface area is 175 Å². The predicted octanol–water partition coefficient (Wildman–Crippen LogP) is 4.76. The highest BCUT2D eigenvalue weighted by Gasteiger charge is 2.69. The van der Waals surface area contributed by atoms with E-state index in [1.807, 2.05) is 54.3 Å². The van der Waals surface area contributed by atoms with Gasteiger partial charge in [-0.2, -0.15) is 0 Å². The number of alkyl halides is 2. The van der Waals surface area contributed by atoms with E-state index in [1.54, 1.807) is 14.2 Å². The van der Waals surface area contributed by atoms with Gasteiger partial charge in [0.1, 0.15) is 4.33 Å². The number of benzene rings is 2. The fourth-order valence-electron chi connectivity index (χ4n) is 4.11. The second-order valence-electron chi connectivity index (χ2n) is 7.68. The van der Waals surface area contributed by atoms with Gasteiger partial charge in [0.15, 0.2) is 11.5 Å². The standard InChI is InChI=1S/C22H23Cl2NO3/c1-21(13-22(21,23)24)20(26)25-10-9-15-11-17(27-2)18(28-3)12-16(15)19(25)14-7-5-4-6-8-14/h4-8,11-12,19H,9-10,13H2,1-3H3. The Kier molecular flexibility index (Phi) is 4.75. The lowest BCUT2D eigenvalue weighted by atomic mass is 9.86. The van der Waals surface area contributed by atoms with Crippen LogP contribution in [0.2, 0.25) is 0 Å². The maximum Gasteiger partial charge on any atom is 0.232 e. The lowest BCUT2D eigenvalue weighted by Gasteiger charge is -2.40. The number of ether oxygens (including phenoxy) is 2. The van der Waals surface area contributed by atoms with Crippen LogP contribution in [-0.2, 0) is 11.2 Å². The Hall–Kier alpha value is -1.91. The van der Waals surface area contributed by atoms with Crippen LogP contribution in [0, 0.1) is 5.41 Å². The highest BCUT2D eigenvalue weighted by atomic mass is 35.5. The summed E-state index contributed by atoms with van der Waals surface area (Å²) in [6.45, 7) is 2.45. The van der Waals surface area contributed by atoms with E-state index in [-0.39, 0.29) is 11.9 Å². The summed E-state index contributed by atoms with van der Waals surface area (Å²) >= 11 is 12.7. The highest BCUT2D eigenvalue weighted by molar-refractivity contribution is 6.53. The van der Waals surface area contributed by atoms with Gasteiger partial charge in [0.05, 0.1) is 25.7 Å². The van der Waals surface area contributed by atoms with Gasteiger partial charge in [-0.05, 0) is 48.6 Å². The van der Waals surface area contributed by atoms with E-state index in [4.69, 9.17) is 32.7 Å². The van der Waals surface area contributed by atoms with E-state index in [9.17, 15) is 4.79 Å². The van der Waals surface area contributed by atoms with Crippen LogP contribution in [0.1, 0.15) is 36.1 Å². The molecule has 2 aromatic carbocycles. The molecular weight excluding hydrogens is 397 g/mol. The van der Waals surface area contributed by atoms with Gasteiger partial charge in [-0.1, -0.05) is 30.3 Å². The Morgan fingerprint density at radius 3 is 2.29 bits per heavy atom. The van der Waals surface area contributed by atoms with Crippen LogP contribution in [-0.4, -0.2) is 35.9 Å². The van der Waals surface area contributed by atoms with E-state index in [1.165, 1.54) is 0 Å². The predicted molar refractivity (Wildman–Crippen MR) is 110 cm³/mol. The number of carbonyl (C=O) groups is 1. The first-order valence-corrected chi connectivity index (χ1v) is 10.1. The van der Waals surface area contributed by atoms with E-state index in [2.05, 4.69) is 0 Å². The maximum absolute atomic E-state index is 13.5. The van der Waals surface area contributed by atoms with Crippen molar-refractivity contribution < 1.29 is 14.3 Å². The van der Waals surface area contributed by atoms with Crippen molar-refractivity contribution in [2.75, 3.05) is 20.8 Å². The van der Waals surface area contributed by atoms with Crippen molar-refractivity contribution in [3.05, 3.63) is 59.2 Å². The minimum absolute atomic E-state index is 0.00760. The van der Waals surface area contributed by atoms with Crippen LogP contribution in [0.15, 0.2) is 42.5 Å². The van der Waals surface area contributed by atoms with Crippen molar-refractivity contribution in [2.24, 2.45) is 5.41 Å². The zero-order chi connectivity index (χ0) is 20.1. The molecule has 1 saturated carbocycles. The van der Waals surface area contributed by atoms with Crippen LogP contribution < -0.4 is 9.47 Å². The lowest BCUT2D eigenvalue weighted by Crippen LogP contribution is -2.45. The molecule has 0 radical (unpaired) electrons. The summed E-state index contributed by atoms with van der Waals surface area (Å²) < 4.78 is 10.00. The van der Waals surface area contributed by atoms with Gasteiger partial charge < -0.3 is 14.4 Å². The molecule has 6 heteroatoms. The minimum atomic E-state index is -0.997. The zero-order valence-corrected chi connectivity index (χ0v) is 17.7. The van der Waals surface area contributed by atoms with Gasteiger partial charge in [0, 0.05) is 6.54 Å². The number of hydrogen-bond donors (Lipinski definition) is 0. The molecule has 1 aliphatic heterocycles. The summed E-state index contributed by atoms with van der Waals surface area (Å²) in [5.41, 5.74) is 2.49. The molecule has 4 nitrogen and oxygen atoms in total. The summed E-state index contributed by atoms with van der Waals surface area (Å²) in [7, 11) is 3.25. The average molecular weight is 420 g/mol. The summed E-state index contributed by atoms with van der Waals surface area (Å²) in [6.07, 6.45) is 1.21. The number of methoxy groups -OCH3 is 2. The summed E-state index contributed by atoms with van der Waals surface area (Å²) in [6, 6.07) is 13.8. The van der Waals surface area contributed by atoms with Gasteiger partial charge in [-0.15, -0.1) is 23.2 Å². The fraction of sp³-hybridized carbons (Fsp3) is 0.409. The average Bonchev–Trinajstić information content (AvgIpc) is 3.24. The quantitative estimate of drug-likeness (QED) is 0.670. The number of carbonyl (C=O) groups excluding carboxylic acids is 1. The third-order valence-electron chi connectivity index (χ3n) is 5.98. The van der Waals surface area contributed by atoms with Crippen LogP contribution in [0.25, 0.3) is 0 Å². The van der Waals surface area contributed by atoms with Crippen molar-refractivity contribution in [3.8, 4) is 11.5 Å². The van der Waals surface area contributed by atoms with Gasteiger partial charge in [-0.25, -0.2) is 0 Å². The van der Waals surface area contributed by atoms with Gasteiger partial charge in [-0.3, -0.25) is 4.79 Å². The van der Waals surface area contributed by atoms with Crippen molar-refractivity contribution in [3.63, 3.8) is 0 Å².